The van der Waals surface area contributed by atoms with Crippen LogP contribution in [0.25, 0.3) is 0 Å². The highest BCUT2D eigenvalue weighted by atomic mass is 16.2. The Balaban J connectivity index is 2.09. The van der Waals surface area contributed by atoms with Crippen LogP contribution in [0, 0.1) is 11.3 Å². The second-order valence-electron chi connectivity index (χ2n) is 5.16. The molecule has 1 aromatic heterocycles. The summed E-state index contributed by atoms with van der Waals surface area (Å²) in [6.07, 6.45) is 3.55. The van der Waals surface area contributed by atoms with Crippen LogP contribution in [0.4, 0.5) is 11.6 Å². The summed E-state index contributed by atoms with van der Waals surface area (Å²) in [4.78, 5) is 22.4. The Kier molecular flexibility index (Phi) is 5.64. The number of amides is 1. The average molecular weight is 309 g/mol. The third-order valence-corrected chi connectivity index (χ3v) is 3.34. The molecule has 0 aliphatic rings. The zero-order chi connectivity index (χ0) is 16.7. The highest BCUT2D eigenvalue weighted by Crippen LogP contribution is 2.14. The van der Waals surface area contributed by atoms with Crippen molar-refractivity contribution in [2.75, 3.05) is 18.9 Å². The zero-order valence-corrected chi connectivity index (χ0v) is 13.3. The molecule has 6 nitrogen and oxygen atoms in total. The molecule has 0 bridgehead atoms. The van der Waals surface area contributed by atoms with Gasteiger partial charge in [0.05, 0.1) is 11.6 Å². The van der Waals surface area contributed by atoms with Crippen LogP contribution in [0.2, 0.25) is 0 Å². The fourth-order valence-electron chi connectivity index (χ4n) is 1.99. The van der Waals surface area contributed by atoms with Crippen molar-refractivity contribution in [2.24, 2.45) is 0 Å². The summed E-state index contributed by atoms with van der Waals surface area (Å²) in [5, 5.41) is 11.8. The normalized spacial score (nSPS) is 9.96. The number of carbonyl (C=O) groups is 1. The van der Waals surface area contributed by atoms with Crippen LogP contribution < -0.4 is 5.32 Å². The molecule has 1 amide bonds. The third-order valence-electron chi connectivity index (χ3n) is 3.34. The molecule has 0 saturated carbocycles. The largest absolute Gasteiger partial charge is 0.340 e. The van der Waals surface area contributed by atoms with Gasteiger partial charge in [-0.1, -0.05) is 13.3 Å². The Hall–Kier alpha value is -2.94. The summed E-state index contributed by atoms with van der Waals surface area (Å²) in [6.45, 7) is 2.79. The Bertz CT molecular complexity index is 706. The standard InChI is InChI=1S/C17H19N5O/c1-3-4-11-22(2)16(23)15-9-10-19-17(21-15)20-14-7-5-13(12-18)6-8-14/h5-10H,3-4,11H2,1-2H3,(H,19,20,21). The first kappa shape index (κ1) is 16.4. The second kappa shape index (κ2) is 7.90. The minimum absolute atomic E-state index is 0.122. The monoisotopic (exact) mass is 309 g/mol. The molecule has 2 aromatic rings. The van der Waals surface area contributed by atoms with Gasteiger partial charge in [0.1, 0.15) is 5.69 Å². The van der Waals surface area contributed by atoms with Gasteiger partial charge in [-0.2, -0.15) is 5.26 Å². The number of nitrogens with one attached hydrogen (secondary N) is 1. The van der Waals surface area contributed by atoms with E-state index in [0.29, 0.717) is 23.8 Å². The van der Waals surface area contributed by atoms with Crippen molar-refractivity contribution in [1.29, 1.82) is 5.26 Å². The first-order valence-corrected chi connectivity index (χ1v) is 7.49. The Morgan fingerprint density at radius 2 is 2.04 bits per heavy atom. The summed E-state index contributed by atoms with van der Waals surface area (Å²) in [5.74, 6) is 0.230. The quantitative estimate of drug-likeness (QED) is 0.887. The number of hydrogen-bond acceptors (Lipinski definition) is 5. The van der Waals surface area contributed by atoms with Gasteiger partial charge >= 0.3 is 0 Å². The van der Waals surface area contributed by atoms with E-state index in [1.807, 2.05) is 0 Å². The van der Waals surface area contributed by atoms with E-state index < -0.39 is 0 Å². The van der Waals surface area contributed by atoms with Crippen molar-refractivity contribution in [3.8, 4) is 6.07 Å². The molecule has 1 heterocycles. The maximum Gasteiger partial charge on any atom is 0.272 e. The van der Waals surface area contributed by atoms with E-state index in [1.54, 1.807) is 48.5 Å². The maximum atomic E-state index is 12.3. The second-order valence-corrected chi connectivity index (χ2v) is 5.16. The lowest BCUT2D eigenvalue weighted by atomic mass is 10.2. The smallest absolute Gasteiger partial charge is 0.272 e. The minimum Gasteiger partial charge on any atom is -0.340 e. The summed E-state index contributed by atoms with van der Waals surface area (Å²) < 4.78 is 0. The molecular weight excluding hydrogens is 290 g/mol. The number of nitriles is 1. The van der Waals surface area contributed by atoms with Crippen LogP contribution in [-0.2, 0) is 0 Å². The van der Waals surface area contributed by atoms with Gasteiger partial charge in [-0.3, -0.25) is 4.79 Å². The van der Waals surface area contributed by atoms with E-state index in [4.69, 9.17) is 5.26 Å². The van der Waals surface area contributed by atoms with Crippen LogP contribution in [0.15, 0.2) is 36.5 Å². The molecule has 0 aliphatic heterocycles. The predicted octanol–water partition coefficient (Wildman–Crippen LogP) is 2.96. The lowest BCUT2D eigenvalue weighted by Gasteiger charge is -2.16. The molecule has 0 aliphatic carbocycles. The fraction of sp³-hybridized carbons (Fsp3) is 0.294. The molecule has 118 valence electrons. The van der Waals surface area contributed by atoms with Crippen LogP contribution in [0.5, 0.6) is 0 Å². The molecular formula is C17H19N5O. The summed E-state index contributed by atoms with van der Waals surface area (Å²) in [7, 11) is 1.77. The predicted molar refractivity (Wildman–Crippen MR) is 88.3 cm³/mol. The van der Waals surface area contributed by atoms with Gasteiger partial charge in [-0.25, -0.2) is 9.97 Å². The minimum atomic E-state index is -0.122. The fourth-order valence-corrected chi connectivity index (χ4v) is 1.99. The van der Waals surface area contributed by atoms with E-state index >= 15 is 0 Å². The zero-order valence-electron chi connectivity index (χ0n) is 13.3. The molecule has 2 rings (SSSR count). The molecule has 0 radical (unpaired) electrons. The summed E-state index contributed by atoms with van der Waals surface area (Å²) >= 11 is 0. The van der Waals surface area contributed by atoms with Crippen LogP contribution in [-0.4, -0.2) is 34.4 Å². The van der Waals surface area contributed by atoms with Gasteiger partial charge in [-0.15, -0.1) is 0 Å². The first-order valence-electron chi connectivity index (χ1n) is 7.49. The number of benzene rings is 1. The van der Waals surface area contributed by atoms with Crippen molar-refractivity contribution in [2.45, 2.75) is 19.8 Å². The maximum absolute atomic E-state index is 12.3. The van der Waals surface area contributed by atoms with Gasteiger partial charge in [0, 0.05) is 25.5 Å². The van der Waals surface area contributed by atoms with Gasteiger partial charge < -0.3 is 10.2 Å². The molecule has 0 unspecified atom stereocenters. The number of aromatic nitrogens is 2. The number of unbranched alkanes of at least 4 members (excludes halogenated alkanes) is 1. The summed E-state index contributed by atoms with van der Waals surface area (Å²) in [5.41, 5.74) is 1.70. The van der Waals surface area contributed by atoms with E-state index in [-0.39, 0.29) is 5.91 Å². The summed E-state index contributed by atoms with van der Waals surface area (Å²) in [6, 6.07) is 10.6. The molecule has 1 N–H and O–H groups in total. The molecule has 6 heteroatoms. The Labute approximate surface area is 135 Å². The number of nitrogens with zero attached hydrogens (tertiary/aromatic N) is 4. The highest BCUT2D eigenvalue weighted by molar-refractivity contribution is 5.92. The van der Waals surface area contributed by atoms with Gasteiger partial charge in [0.25, 0.3) is 5.91 Å². The molecule has 0 fully saturated rings. The van der Waals surface area contributed by atoms with Gasteiger partial charge in [0.2, 0.25) is 5.95 Å². The van der Waals surface area contributed by atoms with Crippen molar-refractivity contribution in [3.05, 3.63) is 47.8 Å². The average Bonchev–Trinajstić information content (AvgIpc) is 2.60. The lowest BCUT2D eigenvalue weighted by Crippen LogP contribution is -2.28. The van der Waals surface area contributed by atoms with Crippen molar-refractivity contribution in [1.82, 2.24) is 14.9 Å². The molecule has 0 spiro atoms. The SMILES string of the molecule is CCCCN(C)C(=O)c1ccnc(Nc2ccc(C#N)cc2)n1. The van der Waals surface area contributed by atoms with E-state index in [2.05, 4.69) is 28.3 Å². The van der Waals surface area contributed by atoms with Gasteiger partial charge in [0.15, 0.2) is 0 Å². The van der Waals surface area contributed by atoms with Crippen molar-refractivity contribution >= 4 is 17.5 Å². The van der Waals surface area contributed by atoms with Crippen LogP contribution >= 0.6 is 0 Å². The number of hydrogen-bond donors (Lipinski definition) is 1. The highest BCUT2D eigenvalue weighted by Gasteiger charge is 2.13. The lowest BCUT2D eigenvalue weighted by molar-refractivity contribution is 0.0787. The molecule has 0 saturated heterocycles. The van der Waals surface area contributed by atoms with E-state index in [9.17, 15) is 4.79 Å². The van der Waals surface area contributed by atoms with Crippen LogP contribution in [0.1, 0.15) is 35.8 Å². The topological polar surface area (TPSA) is 81.9 Å². The van der Waals surface area contributed by atoms with Crippen LogP contribution in [0.3, 0.4) is 0 Å². The number of anilines is 2. The van der Waals surface area contributed by atoms with E-state index in [0.717, 1.165) is 18.5 Å². The van der Waals surface area contributed by atoms with Gasteiger partial charge in [-0.05, 0) is 36.8 Å². The Morgan fingerprint density at radius 3 is 2.70 bits per heavy atom. The third kappa shape index (κ3) is 4.51. The first-order chi connectivity index (χ1) is 11.1. The van der Waals surface area contributed by atoms with E-state index in [1.165, 1.54) is 0 Å². The molecule has 1 aromatic carbocycles. The molecule has 0 atom stereocenters. The van der Waals surface area contributed by atoms with Crippen molar-refractivity contribution < 1.29 is 4.79 Å². The number of carbonyl (C=O) groups excluding carboxylic acids is 1. The number of rotatable bonds is 6. The Morgan fingerprint density at radius 1 is 1.30 bits per heavy atom. The molecule has 23 heavy (non-hydrogen) atoms. The van der Waals surface area contributed by atoms with Crippen molar-refractivity contribution in [3.63, 3.8) is 0 Å².